The third-order valence-electron chi connectivity index (χ3n) is 5.00. The number of benzene rings is 1. The molecular weight excluding hydrogens is 290 g/mol. The Morgan fingerprint density at radius 1 is 1.04 bits per heavy atom. The summed E-state index contributed by atoms with van der Waals surface area (Å²) in [7, 11) is 1.74. The molecule has 0 unspecified atom stereocenters. The van der Waals surface area contributed by atoms with Crippen molar-refractivity contribution in [1.82, 2.24) is 10.6 Å². The minimum absolute atomic E-state index is 0.0232. The van der Waals surface area contributed by atoms with Crippen LogP contribution in [0.25, 0.3) is 0 Å². The SMILES string of the molecule is CO[C@H]1CC[C@@H](NC(=O)NC2CCN(c3ccccc3)CC2)C1. The van der Waals surface area contributed by atoms with Gasteiger partial charge in [0.1, 0.15) is 0 Å². The van der Waals surface area contributed by atoms with Crippen LogP contribution in [0.2, 0.25) is 0 Å². The van der Waals surface area contributed by atoms with Gasteiger partial charge in [0, 0.05) is 38.0 Å². The molecule has 1 saturated carbocycles. The first-order chi connectivity index (χ1) is 11.2. The molecule has 1 aliphatic heterocycles. The van der Waals surface area contributed by atoms with Gasteiger partial charge in [0.15, 0.2) is 0 Å². The maximum absolute atomic E-state index is 12.1. The second-order valence-corrected chi connectivity index (χ2v) is 6.58. The Balaban J connectivity index is 1.39. The monoisotopic (exact) mass is 317 g/mol. The van der Waals surface area contributed by atoms with Gasteiger partial charge in [-0.15, -0.1) is 0 Å². The molecule has 0 aromatic heterocycles. The summed E-state index contributed by atoms with van der Waals surface area (Å²) >= 11 is 0. The van der Waals surface area contributed by atoms with Crippen LogP contribution in [0, 0.1) is 0 Å². The van der Waals surface area contributed by atoms with E-state index in [0.717, 1.165) is 45.2 Å². The number of hydrogen-bond donors (Lipinski definition) is 2. The van der Waals surface area contributed by atoms with Crippen molar-refractivity contribution in [2.24, 2.45) is 0 Å². The van der Waals surface area contributed by atoms with Gasteiger partial charge in [0.2, 0.25) is 0 Å². The molecule has 5 nitrogen and oxygen atoms in total. The quantitative estimate of drug-likeness (QED) is 0.897. The summed E-state index contributed by atoms with van der Waals surface area (Å²) in [5, 5.41) is 6.22. The summed E-state index contributed by atoms with van der Waals surface area (Å²) in [5.74, 6) is 0. The summed E-state index contributed by atoms with van der Waals surface area (Å²) in [6.07, 6.45) is 5.27. The molecule has 0 radical (unpaired) electrons. The predicted molar refractivity (Wildman–Crippen MR) is 91.8 cm³/mol. The lowest BCUT2D eigenvalue weighted by molar-refractivity contribution is 0.107. The number of anilines is 1. The molecule has 1 saturated heterocycles. The molecular formula is C18H27N3O2. The second-order valence-electron chi connectivity index (χ2n) is 6.58. The van der Waals surface area contributed by atoms with E-state index in [1.54, 1.807) is 7.11 Å². The van der Waals surface area contributed by atoms with E-state index in [9.17, 15) is 4.79 Å². The molecule has 1 aromatic rings. The number of nitrogens with one attached hydrogen (secondary N) is 2. The number of carbonyl (C=O) groups is 1. The third kappa shape index (κ3) is 4.38. The number of amides is 2. The van der Waals surface area contributed by atoms with Crippen LogP contribution in [0.1, 0.15) is 32.1 Å². The molecule has 1 aromatic carbocycles. The fourth-order valence-electron chi connectivity index (χ4n) is 3.62. The molecule has 1 heterocycles. The molecule has 1 aliphatic carbocycles. The number of para-hydroxylation sites is 1. The molecule has 2 N–H and O–H groups in total. The van der Waals surface area contributed by atoms with Crippen molar-refractivity contribution in [3.8, 4) is 0 Å². The van der Waals surface area contributed by atoms with Crippen molar-refractivity contribution in [2.45, 2.75) is 50.3 Å². The maximum atomic E-state index is 12.1. The Hall–Kier alpha value is -1.75. The van der Waals surface area contributed by atoms with Crippen LogP contribution in [-0.4, -0.2) is 44.4 Å². The van der Waals surface area contributed by atoms with Crippen LogP contribution >= 0.6 is 0 Å². The van der Waals surface area contributed by atoms with E-state index in [-0.39, 0.29) is 18.1 Å². The first-order valence-electron chi connectivity index (χ1n) is 8.64. The highest BCUT2D eigenvalue weighted by Gasteiger charge is 2.27. The second kappa shape index (κ2) is 7.68. The number of ether oxygens (including phenoxy) is 1. The molecule has 5 heteroatoms. The van der Waals surface area contributed by atoms with Gasteiger partial charge in [-0.1, -0.05) is 18.2 Å². The number of carbonyl (C=O) groups excluding carboxylic acids is 1. The van der Waals surface area contributed by atoms with Gasteiger partial charge in [-0.3, -0.25) is 0 Å². The normalized spacial score (nSPS) is 25.3. The van der Waals surface area contributed by atoms with Gasteiger partial charge in [0.05, 0.1) is 6.10 Å². The number of urea groups is 1. The lowest BCUT2D eigenvalue weighted by Gasteiger charge is -2.34. The van der Waals surface area contributed by atoms with E-state index in [4.69, 9.17) is 4.74 Å². The third-order valence-corrected chi connectivity index (χ3v) is 5.00. The van der Waals surface area contributed by atoms with Crippen LogP contribution in [0.15, 0.2) is 30.3 Å². The number of methoxy groups -OCH3 is 1. The highest BCUT2D eigenvalue weighted by Crippen LogP contribution is 2.22. The number of piperidine rings is 1. The van der Waals surface area contributed by atoms with Crippen molar-refractivity contribution in [3.63, 3.8) is 0 Å². The molecule has 0 spiro atoms. The van der Waals surface area contributed by atoms with E-state index in [0.29, 0.717) is 6.10 Å². The number of rotatable bonds is 4. The lowest BCUT2D eigenvalue weighted by Crippen LogP contribution is -2.49. The average molecular weight is 317 g/mol. The highest BCUT2D eigenvalue weighted by molar-refractivity contribution is 5.74. The molecule has 0 bridgehead atoms. The molecule has 3 rings (SSSR count). The van der Waals surface area contributed by atoms with Gasteiger partial charge < -0.3 is 20.3 Å². The van der Waals surface area contributed by atoms with Crippen molar-refractivity contribution >= 4 is 11.7 Å². The van der Waals surface area contributed by atoms with Gasteiger partial charge in [-0.05, 0) is 44.2 Å². The Morgan fingerprint density at radius 2 is 1.74 bits per heavy atom. The first kappa shape index (κ1) is 16.1. The fraction of sp³-hybridized carbons (Fsp3) is 0.611. The Bertz CT molecular complexity index is 500. The summed E-state index contributed by atoms with van der Waals surface area (Å²) in [6, 6.07) is 11.0. The number of nitrogens with zero attached hydrogens (tertiary/aromatic N) is 1. The zero-order valence-electron chi connectivity index (χ0n) is 13.8. The van der Waals surface area contributed by atoms with Gasteiger partial charge >= 0.3 is 6.03 Å². The van der Waals surface area contributed by atoms with Crippen LogP contribution in [0.3, 0.4) is 0 Å². The fourth-order valence-corrected chi connectivity index (χ4v) is 3.62. The molecule has 2 fully saturated rings. The minimum atomic E-state index is -0.0232. The van der Waals surface area contributed by atoms with E-state index in [1.807, 2.05) is 6.07 Å². The molecule has 23 heavy (non-hydrogen) atoms. The summed E-state index contributed by atoms with van der Waals surface area (Å²) in [4.78, 5) is 14.5. The molecule has 2 amide bonds. The van der Waals surface area contributed by atoms with Crippen LogP contribution < -0.4 is 15.5 Å². The van der Waals surface area contributed by atoms with Gasteiger partial charge in [0.25, 0.3) is 0 Å². The van der Waals surface area contributed by atoms with Crippen LogP contribution in [0.5, 0.6) is 0 Å². The zero-order chi connectivity index (χ0) is 16.1. The molecule has 126 valence electrons. The maximum Gasteiger partial charge on any atom is 0.315 e. The summed E-state index contributed by atoms with van der Waals surface area (Å²) in [5.41, 5.74) is 1.27. The van der Waals surface area contributed by atoms with E-state index in [2.05, 4.69) is 39.8 Å². The zero-order valence-corrected chi connectivity index (χ0v) is 13.8. The predicted octanol–water partition coefficient (Wildman–Crippen LogP) is 2.52. The Morgan fingerprint density at radius 3 is 2.39 bits per heavy atom. The topological polar surface area (TPSA) is 53.6 Å². The van der Waals surface area contributed by atoms with E-state index >= 15 is 0 Å². The van der Waals surface area contributed by atoms with Crippen LogP contribution in [-0.2, 0) is 4.74 Å². The van der Waals surface area contributed by atoms with Gasteiger partial charge in [-0.25, -0.2) is 4.79 Å². The minimum Gasteiger partial charge on any atom is -0.381 e. The average Bonchev–Trinajstić information content (AvgIpc) is 3.04. The van der Waals surface area contributed by atoms with Crippen molar-refractivity contribution < 1.29 is 9.53 Å². The highest BCUT2D eigenvalue weighted by atomic mass is 16.5. The standard InChI is InChI=1S/C18H27N3O2/c1-23-17-8-7-15(13-17)20-18(22)19-14-9-11-21(12-10-14)16-5-3-2-4-6-16/h2-6,14-15,17H,7-13H2,1H3,(H2,19,20,22)/t15-,17+/m1/s1. The smallest absolute Gasteiger partial charge is 0.315 e. The first-order valence-corrected chi connectivity index (χ1v) is 8.64. The molecule has 2 aliphatic rings. The van der Waals surface area contributed by atoms with Gasteiger partial charge in [-0.2, -0.15) is 0 Å². The number of hydrogen-bond acceptors (Lipinski definition) is 3. The largest absolute Gasteiger partial charge is 0.381 e. The Labute approximate surface area is 138 Å². The Kier molecular flexibility index (Phi) is 5.39. The summed E-state index contributed by atoms with van der Waals surface area (Å²) < 4.78 is 5.35. The molecule has 2 atom stereocenters. The summed E-state index contributed by atoms with van der Waals surface area (Å²) in [6.45, 7) is 1.98. The lowest BCUT2D eigenvalue weighted by atomic mass is 10.0. The van der Waals surface area contributed by atoms with Crippen molar-refractivity contribution in [1.29, 1.82) is 0 Å². The van der Waals surface area contributed by atoms with E-state index in [1.165, 1.54) is 5.69 Å². The van der Waals surface area contributed by atoms with Crippen molar-refractivity contribution in [3.05, 3.63) is 30.3 Å². The van der Waals surface area contributed by atoms with Crippen molar-refractivity contribution in [2.75, 3.05) is 25.1 Å². The van der Waals surface area contributed by atoms with Crippen LogP contribution in [0.4, 0.5) is 10.5 Å². The van der Waals surface area contributed by atoms with E-state index < -0.39 is 0 Å².